The van der Waals surface area contributed by atoms with Crippen LogP contribution in [0.2, 0.25) is 0 Å². The van der Waals surface area contributed by atoms with Crippen molar-refractivity contribution in [3.8, 4) is 0 Å². The maximum absolute atomic E-state index is 11.2. The molecule has 0 aliphatic carbocycles. The number of benzene rings is 1. The molecule has 2 rings (SSSR count). The molecule has 19 heavy (non-hydrogen) atoms. The highest BCUT2D eigenvalue weighted by atomic mass is 32.2. The molecule has 1 aromatic rings. The van der Waals surface area contributed by atoms with Crippen LogP contribution < -0.4 is 9.62 Å². The number of nitrogens with one attached hydrogen (secondary N) is 1. The highest BCUT2D eigenvalue weighted by molar-refractivity contribution is 7.92. The number of hydrogen-bond acceptors (Lipinski definition) is 5. The van der Waals surface area contributed by atoms with Gasteiger partial charge in [-0.3, -0.25) is 0 Å². The monoisotopic (exact) mass is 284 g/mol. The van der Waals surface area contributed by atoms with Crippen LogP contribution in [0.3, 0.4) is 0 Å². The van der Waals surface area contributed by atoms with Crippen molar-refractivity contribution in [2.75, 3.05) is 42.2 Å². The van der Waals surface area contributed by atoms with Crippen molar-refractivity contribution in [2.45, 2.75) is 0 Å². The molecule has 6 nitrogen and oxygen atoms in total. The molecule has 1 aliphatic rings. The number of rotatable bonds is 4. The summed E-state index contributed by atoms with van der Waals surface area (Å²) in [6.45, 7) is 2.69. The lowest BCUT2D eigenvalue weighted by Gasteiger charge is -2.29. The van der Waals surface area contributed by atoms with Gasteiger partial charge in [0.15, 0.2) is 0 Å². The third-order valence-electron chi connectivity index (χ3n) is 2.80. The van der Waals surface area contributed by atoms with Crippen LogP contribution in [0.15, 0.2) is 18.2 Å². The molecule has 0 saturated carbocycles. The molecule has 0 bridgehead atoms. The first-order valence-electron chi connectivity index (χ1n) is 5.87. The van der Waals surface area contributed by atoms with Gasteiger partial charge in [-0.05, 0) is 18.2 Å². The van der Waals surface area contributed by atoms with Crippen LogP contribution in [0.25, 0.3) is 0 Å². The minimum absolute atomic E-state index is 0.178. The van der Waals surface area contributed by atoms with Crippen molar-refractivity contribution in [3.05, 3.63) is 23.8 Å². The Kier molecular flexibility index (Phi) is 4.52. The number of anilines is 2. The average Bonchev–Trinajstić information content (AvgIpc) is 2.38. The van der Waals surface area contributed by atoms with Gasteiger partial charge in [-0.15, -0.1) is 0 Å². The van der Waals surface area contributed by atoms with Gasteiger partial charge in [0.2, 0.25) is 0 Å². The van der Waals surface area contributed by atoms with Crippen LogP contribution in [0, 0.1) is 0 Å². The Labute approximate surface area is 114 Å². The lowest BCUT2D eigenvalue weighted by atomic mass is 10.1. The predicted molar refractivity (Wildman–Crippen MR) is 74.1 cm³/mol. The second kappa shape index (κ2) is 6.14. The van der Waals surface area contributed by atoms with Crippen LogP contribution in [0.1, 0.15) is 10.4 Å². The summed E-state index contributed by atoms with van der Waals surface area (Å²) in [5.41, 5.74) is 1.52. The van der Waals surface area contributed by atoms with E-state index in [4.69, 9.17) is 9.84 Å². The molecule has 0 radical (unpaired) electrons. The summed E-state index contributed by atoms with van der Waals surface area (Å²) in [5, 5.41) is 9.12. The number of carbonyl (C=O) groups is 1. The molecule has 1 atom stereocenters. The number of ether oxygens (including phenoxy) is 1. The zero-order chi connectivity index (χ0) is 13.8. The lowest BCUT2D eigenvalue weighted by molar-refractivity contribution is 0.0697. The lowest BCUT2D eigenvalue weighted by Crippen LogP contribution is -2.36. The van der Waals surface area contributed by atoms with E-state index in [0.29, 0.717) is 18.9 Å². The SMILES string of the molecule is C[S+]([O-])Nc1cc(C(=O)O)cc(N2CCOCC2)c1. The van der Waals surface area contributed by atoms with E-state index >= 15 is 0 Å². The van der Waals surface area contributed by atoms with Crippen molar-refractivity contribution in [1.82, 2.24) is 0 Å². The second-order valence-electron chi connectivity index (χ2n) is 4.23. The number of nitrogens with zero attached hydrogens (tertiary/aromatic N) is 1. The molecule has 0 amide bonds. The highest BCUT2D eigenvalue weighted by Crippen LogP contribution is 2.24. The summed E-state index contributed by atoms with van der Waals surface area (Å²) >= 11 is -1.24. The van der Waals surface area contributed by atoms with Crippen LogP contribution in [0.4, 0.5) is 11.4 Å². The third-order valence-corrected chi connectivity index (χ3v) is 3.33. The molecule has 0 aromatic heterocycles. The fourth-order valence-electron chi connectivity index (χ4n) is 1.96. The smallest absolute Gasteiger partial charge is 0.335 e. The number of hydrogen-bond donors (Lipinski definition) is 2. The van der Waals surface area contributed by atoms with Crippen molar-refractivity contribution in [2.24, 2.45) is 0 Å². The Hall–Kier alpha value is -1.44. The fourth-order valence-corrected chi connectivity index (χ4v) is 2.41. The van der Waals surface area contributed by atoms with E-state index in [-0.39, 0.29) is 5.56 Å². The molecule has 104 valence electrons. The Bertz CT molecular complexity index is 461. The summed E-state index contributed by atoms with van der Waals surface area (Å²) < 4.78 is 19.2. The average molecular weight is 284 g/mol. The van der Waals surface area contributed by atoms with E-state index in [2.05, 4.69) is 9.62 Å². The largest absolute Gasteiger partial charge is 0.593 e. The fraction of sp³-hybridized carbons (Fsp3) is 0.417. The number of carboxylic acid groups (broad SMARTS) is 1. The first-order chi connectivity index (χ1) is 9.06. The first-order valence-corrected chi connectivity index (χ1v) is 7.43. The highest BCUT2D eigenvalue weighted by Gasteiger charge is 2.15. The molecule has 2 N–H and O–H groups in total. The molecule has 1 saturated heterocycles. The quantitative estimate of drug-likeness (QED) is 0.800. The van der Waals surface area contributed by atoms with Gasteiger partial charge in [-0.25, -0.2) is 9.52 Å². The summed E-state index contributed by atoms with van der Waals surface area (Å²) in [5.74, 6) is -1.000. The van der Waals surface area contributed by atoms with Gasteiger partial charge in [-0.1, -0.05) is 0 Å². The molecule has 1 fully saturated rings. The van der Waals surface area contributed by atoms with E-state index in [1.807, 2.05) is 0 Å². The molecule has 1 heterocycles. The Balaban J connectivity index is 2.30. The van der Waals surface area contributed by atoms with E-state index in [9.17, 15) is 9.35 Å². The van der Waals surface area contributed by atoms with Crippen molar-refractivity contribution in [3.63, 3.8) is 0 Å². The molecule has 1 unspecified atom stereocenters. The zero-order valence-corrected chi connectivity index (χ0v) is 11.4. The van der Waals surface area contributed by atoms with Crippen molar-refractivity contribution < 1.29 is 19.2 Å². The van der Waals surface area contributed by atoms with Crippen molar-refractivity contribution >= 4 is 28.7 Å². The van der Waals surface area contributed by atoms with E-state index in [0.717, 1.165) is 18.8 Å². The number of aromatic carboxylic acids is 1. The van der Waals surface area contributed by atoms with Gasteiger partial charge >= 0.3 is 5.97 Å². The number of carboxylic acids is 1. The second-order valence-corrected chi connectivity index (χ2v) is 5.34. The minimum atomic E-state index is -1.24. The minimum Gasteiger partial charge on any atom is -0.593 e. The molecule has 1 aliphatic heterocycles. The summed E-state index contributed by atoms with van der Waals surface area (Å²) in [6.07, 6.45) is 1.50. The van der Waals surface area contributed by atoms with E-state index < -0.39 is 17.3 Å². The molecular formula is C12H16N2O4S. The van der Waals surface area contributed by atoms with Crippen LogP contribution in [-0.4, -0.2) is 48.2 Å². The maximum Gasteiger partial charge on any atom is 0.335 e. The summed E-state index contributed by atoms with van der Waals surface area (Å²) in [4.78, 5) is 13.2. The van der Waals surface area contributed by atoms with Crippen LogP contribution in [-0.2, 0) is 16.1 Å². The van der Waals surface area contributed by atoms with Gasteiger partial charge in [0.25, 0.3) is 0 Å². The maximum atomic E-state index is 11.2. The van der Waals surface area contributed by atoms with Gasteiger partial charge in [0.05, 0.1) is 35.8 Å². The molecule has 1 aromatic carbocycles. The Morgan fingerprint density at radius 3 is 2.68 bits per heavy atom. The standard InChI is InChI=1S/C12H16N2O4S/c1-19(17)13-10-6-9(12(15)16)7-11(8-10)14-2-4-18-5-3-14/h6-8,13H,2-5H2,1H3,(H,15,16). The topological polar surface area (TPSA) is 84.9 Å². The zero-order valence-electron chi connectivity index (χ0n) is 10.6. The molecular weight excluding hydrogens is 268 g/mol. The van der Waals surface area contributed by atoms with E-state index in [1.165, 1.54) is 12.3 Å². The first kappa shape index (κ1) is 14.0. The normalized spacial score (nSPS) is 17.1. The van der Waals surface area contributed by atoms with Crippen molar-refractivity contribution in [1.29, 1.82) is 0 Å². The van der Waals surface area contributed by atoms with Crippen LogP contribution in [0.5, 0.6) is 0 Å². The predicted octanol–water partition coefficient (Wildman–Crippen LogP) is 0.927. The Morgan fingerprint density at radius 1 is 1.42 bits per heavy atom. The van der Waals surface area contributed by atoms with E-state index in [1.54, 1.807) is 12.1 Å². The summed E-state index contributed by atoms with van der Waals surface area (Å²) in [7, 11) is 0. The number of morpholine rings is 1. The van der Waals surface area contributed by atoms with Gasteiger partial charge in [-0.2, -0.15) is 0 Å². The van der Waals surface area contributed by atoms with Crippen LogP contribution >= 0.6 is 0 Å². The van der Waals surface area contributed by atoms with Gasteiger partial charge in [0.1, 0.15) is 6.26 Å². The Morgan fingerprint density at radius 2 is 2.11 bits per heavy atom. The van der Waals surface area contributed by atoms with Gasteiger partial charge < -0.3 is 19.3 Å². The third kappa shape index (κ3) is 3.76. The van der Waals surface area contributed by atoms with Gasteiger partial charge in [0, 0.05) is 18.8 Å². The molecule has 0 spiro atoms. The summed E-state index contributed by atoms with van der Waals surface area (Å²) in [6, 6.07) is 4.91. The molecule has 7 heteroatoms.